The van der Waals surface area contributed by atoms with Crippen LogP contribution in [0.3, 0.4) is 0 Å². The summed E-state index contributed by atoms with van der Waals surface area (Å²) in [5, 5.41) is 0.772. The topological polar surface area (TPSA) is 49.5 Å². The Hall–Kier alpha value is -1.56. The van der Waals surface area contributed by atoms with Crippen molar-refractivity contribution in [1.29, 1.82) is 0 Å². The van der Waals surface area contributed by atoms with Gasteiger partial charge >= 0.3 is 6.09 Å². The van der Waals surface area contributed by atoms with Gasteiger partial charge in [-0.3, -0.25) is 0 Å². The Morgan fingerprint density at radius 2 is 2.00 bits per heavy atom. The van der Waals surface area contributed by atoms with Crippen molar-refractivity contribution in [3.05, 3.63) is 17.0 Å². The van der Waals surface area contributed by atoms with Gasteiger partial charge in [-0.25, -0.2) is 9.36 Å². The molecule has 3 rings (SSSR count). The van der Waals surface area contributed by atoms with Crippen LogP contribution in [0, 0.1) is 0 Å². The van der Waals surface area contributed by atoms with Crippen molar-refractivity contribution >= 4 is 23.5 Å². The van der Waals surface area contributed by atoms with Crippen molar-refractivity contribution in [1.82, 2.24) is 9.88 Å². The summed E-state index contributed by atoms with van der Waals surface area (Å²) >= 11 is 6.40. The SMILES string of the molecule is C[n+]1cnc2c(c1Cl)CCN2C1CCN(C(=O)OC(C)(C)C)CC1. The standard InChI is InChI=1S/C17H26ClN4O2/c1-17(2,3)24-16(23)21-8-5-12(6-9-21)22-10-7-13-14(18)20(4)11-19-15(13)22/h11-12H,5-10H2,1-4H3/q+1. The first-order valence-electron chi connectivity index (χ1n) is 8.54. The largest absolute Gasteiger partial charge is 0.444 e. The molecule has 2 aliphatic heterocycles. The van der Waals surface area contributed by atoms with Crippen LogP contribution in [0.4, 0.5) is 10.6 Å². The number of anilines is 1. The van der Waals surface area contributed by atoms with Gasteiger partial charge in [-0.05, 0) is 50.2 Å². The summed E-state index contributed by atoms with van der Waals surface area (Å²) in [6.07, 6.45) is 4.35. The van der Waals surface area contributed by atoms with Gasteiger partial charge < -0.3 is 14.5 Å². The number of rotatable bonds is 1. The highest BCUT2D eigenvalue weighted by Crippen LogP contribution is 2.33. The predicted octanol–water partition coefficient (Wildman–Crippen LogP) is 2.32. The van der Waals surface area contributed by atoms with Crippen LogP contribution in [0.25, 0.3) is 0 Å². The number of hydrogen-bond acceptors (Lipinski definition) is 4. The Bertz CT molecular complexity index is 636. The highest BCUT2D eigenvalue weighted by Gasteiger charge is 2.36. The molecule has 1 saturated heterocycles. The molecule has 24 heavy (non-hydrogen) atoms. The van der Waals surface area contributed by atoms with Crippen molar-refractivity contribution < 1.29 is 14.1 Å². The molecule has 0 aromatic carbocycles. The lowest BCUT2D eigenvalue weighted by atomic mass is 10.0. The molecular weight excluding hydrogens is 328 g/mol. The Balaban J connectivity index is 1.63. The highest BCUT2D eigenvalue weighted by molar-refractivity contribution is 6.29. The summed E-state index contributed by atoms with van der Waals surface area (Å²) in [7, 11) is 1.91. The molecule has 1 fully saturated rings. The van der Waals surface area contributed by atoms with Gasteiger partial charge in [0.05, 0.1) is 12.6 Å². The molecule has 0 spiro atoms. The number of carbonyl (C=O) groups is 1. The van der Waals surface area contributed by atoms with E-state index in [1.54, 1.807) is 6.33 Å². The monoisotopic (exact) mass is 353 g/mol. The molecule has 0 atom stereocenters. The average Bonchev–Trinajstić information content (AvgIpc) is 2.94. The average molecular weight is 354 g/mol. The maximum absolute atomic E-state index is 12.2. The summed E-state index contributed by atoms with van der Waals surface area (Å²) in [6.45, 7) is 8.08. The molecular formula is C17H26ClN4O2+. The van der Waals surface area contributed by atoms with Crippen LogP contribution in [-0.4, -0.2) is 47.3 Å². The van der Waals surface area contributed by atoms with E-state index in [4.69, 9.17) is 16.3 Å². The third-order valence-corrected chi connectivity index (χ3v) is 5.11. The minimum Gasteiger partial charge on any atom is -0.444 e. The maximum atomic E-state index is 12.2. The van der Waals surface area contributed by atoms with E-state index in [1.165, 1.54) is 0 Å². The summed E-state index contributed by atoms with van der Waals surface area (Å²) < 4.78 is 7.32. The molecule has 1 amide bonds. The number of nitrogens with zero attached hydrogens (tertiary/aromatic N) is 4. The molecule has 7 heteroatoms. The van der Waals surface area contributed by atoms with Crippen LogP contribution in [0.5, 0.6) is 0 Å². The third kappa shape index (κ3) is 3.43. The molecule has 132 valence electrons. The van der Waals surface area contributed by atoms with Gasteiger partial charge in [0.2, 0.25) is 5.15 Å². The van der Waals surface area contributed by atoms with Crippen molar-refractivity contribution in [3.63, 3.8) is 0 Å². The molecule has 3 heterocycles. The third-order valence-electron chi connectivity index (χ3n) is 4.61. The molecule has 2 aliphatic rings. The van der Waals surface area contributed by atoms with E-state index in [2.05, 4.69) is 9.88 Å². The molecule has 0 unspecified atom stereocenters. The number of hydrogen-bond donors (Lipinski definition) is 0. The van der Waals surface area contributed by atoms with Crippen molar-refractivity contribution in [2.75, 3.05) is 24.5 Å². The highest BCUT2D eigenvalue weighted by atomic mass is 35.5. The molecule has 0 bridgehead atoms. The van der Waals surface area contributed by atoms with E-state index in [0.29, 0.717) is 6.04 Å². The zero-order valence-electron chi connectivity index (χ0n) is 14.9. The number of amides is 1. The molecule has 1 aromatic rings. The van der Waals surface area contributed by atoms with Gasteiger partial charge in [-0.1, -0.05) is 0 Å². The number of piperidine rings is 1. The summed E-state index contributed by atoms with van der Waals surface area (Å²) in [5.41, 5.74) is 0.689. The van der Waals surface area contributed by atoms with E-state index < -0.39 is 5.60 Å². The van der Waals surface area contributed by atoms with Crippen molar-refractivity contribution in [2.24, 2.45) is 7.05 Å². The van der Waals surface area contributed by atoms with E-state index in [1.807, 2.05) is 37.3 Å². The fraction of sp³-hybridized carbons (Fsp3) is 0.706. The fourth-order valence-electron chi connectivity index (χ4n) is 3.42. The van der Waals surface area contributed by atoms with Crippen molar-refractivity contribution in [3.8, 4) is 0 Å². The zero-order valence-corrected chi connectivity index (χ0v) is 15.6. The molecule has 0 N–H and O–H groups in total. The second-order valence-corrected chi connectivity index (χ2v) is 7.95. The molecule has 0 saturated carbocycles. The minimum atomic E-state index is -0.446. The van der Waals surface area contributed by atoms with E-state index >= 15 is 0 Å². The fourth-order valence-corrected chi connectivity index (χ4v) is 3.64. The molecule has 6 nitrogen and oxygen atoms in total. The summed E-state index contributed by atoms with van der Waals surface area (Å²) in [6, 6.07) is 0.404. The lowest BCUT2D eigenvalue weighted by molar-refractivity contribution is -0.672. The maximum Gasteiger partial charge on any atom is 0.410 e. The Labute approximate surface area is 148 Å². The normalized spacial score (nSPS) is 18.7. The number of likely N-dealkylation sites (tertiary alicyclic amines) is 1. The van der Waals surface area contributed by atoms with Crippen molar-refractivity contribution in [2.45, 2.75) is 51.7 Å². The van der Waals surface area contributed by atoms with Gasteiger partial charge in [0, 0.05) is 32.1 Å². The number of halogens is 1. The van der Waals surface area contributed by atoms with Gasteiger partial charge in [-0.2, -0.15) is 0 Å². The first-order chi connectivity index (χ1) is 11.3. The summed E-state index contributed by atoms with van der Waals surface area (Å²) in [4.78, 5) is 20.9. The van der Waals surface area contributed by atoms with Gasteiger partial charge in [0.25, 0.3) is 12.1 Å². The number of ether oxygens (including phenoxy) is 1. The van der Waals surface area contributed by atoms with Crippen LogP contribution in [0.15, 0.2) is 6.33 Å². The van der Waals surface area contributed by atoms with E-state index in [-0.39, 0.29) is 6.09 Å². The van der Waals surface area contributed by atoms with E-state index in [9.17, 15) is 4.79 Å². The number of fused-ring (bicyclic) bond motifs is 1. The quantitative estimate of drug-likeness (QED) is 0.574. The van der Waals surface area contributed by atoms with Crippen LogP contribution >= 0.6 is 11.6 Å². The summed E-state index contributed by atoms with van der Waals surface area (Å²) in [5.74, 6) is 1.01. The first kappa shape index (κ1) is 17.3. The predicted molar refractivity (Wildman–Crippen MR) is 92.3 cm³/mol. The van der Waals surface area contributed by atoms with Gasteiger partial charge in [0.1, 0.15) is 5.60 Å². The first-order valence-corrected chi connectivity index (χ1v) is 8.91. The van der Waals surface area contributed by atoms with Gasteiger partial charge in [-0.15, -0.1) is 0 Å². The van der Waals surface area contributed by atoms with Crippen LogP contribution in [0.2, 0.25) is 5.15 Å². The smallest absolute Gasteiger partial charge is 0.410 e. The lowest BCUT2D eigenvalue weighted by Crippen LogP contribution is -2.48. The molecule has 0 aliphatic carbocycles. The number of carbonyl (C=O) groups excluding carboxylic acids is 1. The van der Waals surface area contributed by atoms with Crippen LogP contribution in [-0.2, 0) is 18.2 Å². The Kier molecular flexibility index (Phi) is 4.60. The second-order valence-electron chi connectivity index (χ2n) is 7.59. The number of aromatic nitrogens is 2. The lowest BCUT2D eigenvalue weighted by Gasteiger charge is -2.37. The Morgan fingerprint density at radius 1 is 1.33 bits per heavy atom. The zero-order chi connectivity index (χ0) is 17.5. The number of aryl methyl sites for hydroxylation is 1. The van der Waals surface area contributed by atoms with Crippen LogP contribution < -0.4 is 9.47 Å². The van der Waals surface area contributed by atoms with E-state index in [0.717, 1.165) is 55.4 Å². The van der Waals surface area contributed by atoms with Gasteiger partial charge in [0.15, 0.2) is 0 Å². The van der Waals surface area contributed by atoms with Crippen LogP contribution in [0.1, 0.15) is 39.2 Å². The Morgan fingerprint density at radius 3 is 2.62 bits per heavy atom. The molecule has 1 aromatic heterocycles. The second kappa shape index (κ2) is 6.39. The minimum absolute atomic E-state index is 0.212. The molecule has 0 radical (unpaired) electrons.